The summed E-state index contributed by atoms with van der Waals surface area (Å²) < 4.78 is 36.1. The number of fused-ring (bicyclic) bond motifs is 1. The van der Waals surface area contributed by atoms with Crippen LogP contribution >= 0.6 is 23.1 Å². The molecule has 9 nitrogen and oxygen atoms in total. The Hall–Kier alpha value is -3.16. The SMILES string of the molecule is C[C@H]1C[C@H]2CSC(NC(=O)c3ccccc3)=N[C@@]2(c2nc(NC(=O)c3coc(C(F)F)n3)cs2)CO1. The topological polar surface area (TPSA) is 119 Å². The van der Waals surface area contributed by atoms with Crippen LogP contribution in [0.5, 0.6) is 0 Å². The van der Waals surface area contributed by atoms with Crippen LogP contribution in [-0.2, 0) is 10.3 Å². The number of aliphatic imine (C=N–C) groups is 1. The molecule has 1 aromatic carbocycles. The van der Waals surface area contributed by atoms with Crippen LogP contribution in [0.25, 0.3) is 0 Å². The lowest BCUT2D eigenvalue weighted by Crippen LogP contribution is -2.50. The summed E-state index contributed by atoms with van der Waals surface area (Å²) in [4.78, 5) is 38.2. The Morgan fingerprint density at radius 1 is 1.17 bits per heavy atom. The van der Waals surface area contributed by atoms with Crippen molar-refractivity contribution in [2.75, 3.05) is 17.7 Å². The van der Waals surface area contributed by atoms with Gasteiger partial charge in [-0.25, -0.2) is 15.0 Å². The maximum absolute atomic E-state index is 12.7. The molecular formula is C23H21F2N5O4S2. The van der Waals surface area contributed by atoms with Gasteiger partial charge in [-0.1, -0.05) is 30.0 Å². The first-order chi connectivity index (χ1) is 17.3. The van der Waals surface area contributed by atoms with Gasteiger partial charge in [0.05, 0.1) is 12.7 Å². The van der Waals surface area contributed by atoms with E-state index in [2.05, 4.69) is 25.0 Å². The van der Waals surface area contributed by atoms with Gasteiger partial charge >= 0.3 is 6.43 Å². The van der Waals surface area contributed by atoms with Gasteiger partial charge in [-0.15, -0.1) is 11.3 Å². The molecule has 0 unspecified atom stereocenters. The lowest BCUT2D eigenvalue weighted by molar-refractivity contribution is -0.0466. The zero-order valence-corrected chi connectivity index (χ0v) is 20.6. The molecule has 5 rings (SSSR count). The van der Waals surface area contributed by atoms with E-state index in [9.17, 15) is 18.4 Å². The number of oxazole rings is 1. The minimum Gasteiger partial charge on any atom is -0.443 e. The summed E-state index contributed by atoms with van der Waals surface area (Å²) in [6.45, 7) is 2.27. The largest absolute Gasteiger partial charge is 0.443 e. The van der Waals surface area contributed by atoms with Crippen LogP contribution in [0.3, 0.4) is 0 Å². The van der Waals surface area contributed by atoms with Crippen LogP contribution < -0.4 is 10.6 Å². The number of nitrogens with zero attached hydrogens (tertiary/aromatic N) is 3. The fourth-order valence-corrected chi connectivity index (χ4v) is 6.21. The number of rotatable bonds is 5. The lowest BCUT2D eigenvalue weighted by atomic mass is 9.80. The molecule has 3 atom stereocenters. The van der Waals surface area contributed by atoms with E-state index in [1.165, 1.54) is 23.1 Å². The average molecular weight is 534 g/mol. The van der Waals surface area contributed by atoms with Crippen LogP contribution in [0, 0.1) is 5.92 Å². The lowest BCUT2D eigenvalue weighted by Gasteiger charge is -2.44. The zero-order valence-electron chi connectivity index (χ0n) is 18.9. The summed E-state index contributed by atoms with van der Waals surface area (Å²) >= 11 is 2.78. The minimum atomic E-state index is -2.92. The van der Waals surface area contributed by atoms with Gasteiger partial charge in [0.15, 0.2) is 10.9 Å². The van der Waals surface area contributed by atoms with Crippen LogP contribution in [0.2, 0.25) is 0 Å². The number of aromatic nitrogens is 2. The number of thioether (sulfide) groups is 1. The first-order valence-corrected chi connectivity index (χ1v) is 12.9. The molecule has 0 bridgehead atoms. The van der Waals surface area contributed by atoms with Crippen molar-refractivity contribution in [1.29, 1.82) is 0 Å². The van der Waals surface area contributed by atoms with E-state index in [4.69, 9.17) is 9.73 Å². The zero-order chi connectivity index (χ0) is 25.3. The van der Waals surface area contributed by atoms with Crippen molar-refractivity contribution < 1.29 is 27.5 Å². The van der Waals surface area contributed by atoms with Crippen LogP contribution in [-0.4, -0.2) is 45.4 Å². The third-order valence-electron chi connectivity index (χ3n) is 5.92. The second kappa shape index (κ2) is 10.1. The molecule has 1 fully saturated rings. The maximum atomic E-state index is 12.7. The molecular weight excluding hydrogens is 512 g/mol. The molecule has 0 aliphatic carbocycles. The van der Waals surface area contributed by atoms with Gasteiger partial charge in [0.25, 0.3) is 17.7 Å². The molecule has 3 aromatic rings. The Kier molecular flexibility index (Phi) is 6.86. The summed E-state index contributed by atoms with van der Waals surface area (Å²) in [5, 5.41) is 8.19. The molecule has 0 spiro atoms. The van der Waals surface area contributed by atoms with E-state index in [0.29, 0.717) is 21.5 Å². The Bertz CT molecular complexity index is 1300. The number of amidine groups is 1. The van der Waals surface area contributed by atoms with E-state index in [0.717, 1.165) is 12.7 Å². The van der Waals surface area contributed by atoms with Gasteiger partial charge in [-0.2, -0.15) is 8.78 Å². The van der Waals surface area contributed by atoms with Gasteiger partial charge in [-0.05, 0) is 25.5 Å². The predicted molar refractivity (Wildman–Crippen MR) is 131 cm³/mol. The highest BCUT2D eigenvalue weighted by atomic mass is 32.2. The number of carbonyl (C=O) groups is 2. The van der Waals surface area contributed by atoms with Crippen LogP contribution in [0.4, 0.5) is 14.6 Å². The highest BCUT2D eigenvalue weighted by Gasteiger charge is 2.50. The molecule has 2 aliphatic heterocycles. The smallest absolute Gasteiger partial charge is 0.313 e. The van der Waals surface area contributed by atoms with Crippen molar-refractivity contribution in [3.63, 3.8) is 0 Å². The van der Waals surface area contributed by atoms with E-state index >= 15 is 0 Å². The standard InChI is InChI=1S/C23H21F2N5O4S2/c1-12-7-14-9-36-22(29-18(31)13-5-3-2-4-6-13)30-23(14,11-34-12)21-28-16(10-35-21)27-19(32)15-8-33-20(26-15)17(24)25/h2-6,8,10,12,14,17H,7,9,11H2,1H3,(H,27,32)(H,29,30,31)/t12-,14-,23-/m0/s1. The second-order valence-corrected chi connectivity index (χ2v) is 10.3. The normalized spacial score (nSPS) is 23.6. The van der Waals surface area contributed by atoms with Crippen molar-refractivity contribution in [2.24, 2.45) is 10.9 Å². The van der Waals surface area contributed by atoms with E-state index in [1.807, 2.05) is 13.0 Å². The average Bonchev–Trinajstić information content (AvgIpc) is 3.55. The number of halogens is 2. The van der Waals surface area contributed by atoms with E-state index in [1.54, 1.807) is 29.6 Å². The van der Waals surface area contributed by atoms with Crippen LogP contribution in [0.1, 0.15) is 51.5 Å². The molecule has 0 saturated carbocycles. The number of hydrogen-bond acceptors (Lipinski definition) is 9. The Morgan fingerprint density at radius 3 is 2.72 bits per heavy atom. The van der Waals surface area contributed by atoms with Gasteiger partial charge in [0.1, 0.15) is 22.6 Å². The number of thiazole rings is 1. The third kappa shape index (κ3) is 4.90. The number of anilines is 1. The molecule has 2 aromatic heterocycles. The highest BCUT2D eigenvalue weighted by Crippen LogP contribution is 2.47. The number of benzene rings is 1. The first kappa shape index (κ1) is 24.5. The van der Waals surface area contributed by atoms with Crippen LogP contribution in [0.15, 0.2) is 51.4 Å². The fraction of sp³-hybridized carbons (Fsp3) is 0.348. The quantitative estimate of drug-likeness (QED) is 0.497. The molecule has 188 valence electrons. The molecule has 13 heteroatoms. The minimum absolute atomic E-state index is 0.0507. The van der Waals surface area contributed by atoms with Gasteiger partial charge in [0.2, 0.25) is 0 Å². The molecule has 2 amide bonds. The molecule has 0 radical (unpaired) electrons. The molecule has 36 heavy (non-hydrogen) atoms. The number of amides is 2. The number of ether oxygens (including phenoxy) is 1. The second-order valence-electron chi connectivity index (χ2n) is 8.39. The number of nitrogens with one attached hydrogen (secondary N) is 2. The van der Waals surface area contributed by atoms with Gasteiger partial charge < -0.3 is 19.8 Å². The third-order valence-corrected chi connectivity index (χ3v) is 7.96. The van der Waals surface area contributed by atoms with E-state index < -0.39 is 23.8 Å². The molecule has 2 aliphatic rings. The molecule has 1 saturated heterocycles. The maximum Gasteiger partial charge on any atom is 0.313 e. The van der Waals surface area contributed by atoms with E-state index in [-0.39, 0.29) is 36.0 Å². The summed E-state index contributed by atoms with van der Waals surface area (Å²) in [6, 6.07) is 8.86. The van der Waals surface area contributed by atoms with Crippen molar-refractivity contribution in [3.05, 3.63) is 64.1 Å². The number of hydrogen-bond donors (Lipinski definition) is 2. The first-order valence-electron chi connectivity index (χ1n) is 11.1. The summed E-state index contributed by atoms with van der Waals surface area (Å²) in [5.74, 6) is -0.766. The number of alkyl halides is 2. The summed E-state index contributed by atoms with van der Waals surface area (Å²) in [7, 11) is 0. The summed E-state index contributed by atoms with van der Waals surface area (Å²) in [5.41, 5.74) is -0.585. The molecule has 2 N–H and O–H groups in total. The fourth-order valence-electron chi connectivity index (χ4n) is 4.08. The van der Waals surface area contributed by atoms with Gasteiger partial charge in [0, 0.05) is 22.6 Å². The van der Waals surface area contributed by atoms with Crippen molar-refractivity contribution in [1.82, 2.24) is 15.3 Å². The number of carbonyl (C=O) groups excluding carboxylic acids is 2. The van der Waals surface area contributed by atoms with Crippen molar-refractivity contribution in [2.45, 2.75) is 31.4 Å². The molecule has 4 heterocycles. The van der Waals surface area contributed by atoms with Gasteiger partial charge in [-0.3, -0.25) is 9.59 Å². The Balaban J connectivity index is 1.39. The Morgan fingerprint density at radius 2 is 1.97 bits per heavy atom. The monoisotopic (exact) mass is 533 g/mol. The predicted octanol–water partition coefficient (Wildman–Crippen LogP) is 4.47. The summed E-state index contributed by atoms with van der Waals surface area (Å²) in [6.07, 6.45) is -1.23. The van der Waals surface area contributed by atoms with Crippen molar-refractivity contribution >= 4 is 45.9 Å². The van der Waals surface area contributed by atoms with Crippen molar-refractivity contribution in [3.8, 4) is 0 Å². The Labute approximate surface area is 212 Å². The highest BCUT2D eigenvalue weighted by molar-refractivity contribution is 8.13.